The molecule has 11 heteroatoms. The van der Waals surface area contributed by atoms with E-state index < -0.39 is 33.8 Å². The molecule has 1 aromatic rings. The van der Waals surface area contributed by atoms with Crippen LogP contribution in [0.4, 0.5) is 10.5 Å². The normalized spacial score (nSPS) is 12.8. The van der Waals surface area contributed by atoms with Crippen LogP contribution in [0.1, 0.15) is 38.3 Å². The standard InChI is InChI=1S/C21H33ClN2O7S/c1-15-6-7-18(24(9-8-22)10-11-30-32(5,28)29)13-16(15)12-17(14-19(25)26)23-20(27)31-21(2,3)4/h6-7,13,17H,8-12,14H2,1-5H3,(H,23,27)(H,25,26). The van der Waals surface area contributed by atoms with Gasteiger partial charge >= 0.3 is 12.1 Å². The van der Waals surface area contributed by atoms with Gasteiger partial charge in [-0.25, -0.2) is 4.79 Å². The number of halogens is 1. The van der Waals surface area contributed by atoms with Crippen LogP contribution in [0.5, 0.6) is 0 Å². The predicted octanol–water partition coefficient (Wildman–Crippen LogP) is 2.93. The first-order valence-electron chi connectivity index (χ1n) is 10.2. The maximum absolute atomic E-state index is 12.2. The van der Waals surface area contributed by atoms with Crippen LogP contribution in [-0.2, 0) is 30.3 Å². The number of alkyl halides is 1. The third kappa shape index (κ3) is 11.5. The molecule has 1 unspecified atom stereocenters. The highest BCUT2D eigenvalue weighted by molar-refractivity contribution is 7.85. The van der Waals surface area contributed by atoms with Crippen LogP contribution in [0, 0.1) is 6.92 Å². The first-order valence-corrected chi connectivity index (χ1v) is 12.5. The van der Waals surface area contributed by atoms with Gasteiger partial charge < -0.3 is 20.1 Å². The van der Waals surface area contributed by atoms with Gasteiger partial charge in [0.1, 0.15) is 5.60 Å². The second-order valence-corrected chi connectivity index (χ2v) is 10.5. The molecule has 0 aliphatic rings. The molecule has 0 saturated heterocycles. The molecule has 0 aliphatic carbocycles. The monoisotopic (exact) mass is 492 g/mol. The van der Waals surface area contributed by atoms with E-state index in [1.807, 2.05) is 30.0 Å². The Labute approximate surface area is 195 Å². The van der Waals surface area contributed by atoms with Crippen molar-refractivity contribution in [2.75, 3.05) is 36.7 Å². The minimum absolute atomic E-state index is 0.0270. The van der Waals surface area contributed by atoms with Crippen LogP contribution in [0.25, 0.3) is 0 Å². The molecular formula is C21H33ClN2O7S. The molecule has 1 aromatic carbocycles. The fourth-order valence-corrected chi connectivity index (χ4v) is 3.55. The number of carbonyl (C=O) groups excluding carboxylic acids is 1. The van der Waals surface area contributed by atoms with E-state index in [0.717, 1.165) is 23.1 Å². The van der Waals surface area contributed by atoms with Gasteiger partial charge in [-0.05, 0) is 57.4 Å². The molecule has 0 spiro atoms. The quantitative estimate of drug-likeness (QED) is 0.337. The fraction of sp³-hybridized carbons (Fsp3) is 0.619. The Kier molecular flexibility index (Phi) is 10.7. The number of alkyl carbamates (subject to hydrolysis) is 1. The number of ether oxygens (including phenoxy) is 1. The van der Waals surface area contributed by atoms with Crippen molar-refractivity contribution in [2.45, 2.75) is 52.2 Å². The number of carbonyl (C=O) groups is 2. The molecular weight excluding hydrogens is 460 g/mol. The van der Waals surface area contributed by atoms with Gasteiger partial charge in [0.25, 0.3) is 10.1 Å². The summed E-state index contributed by atoms with van der Waals surface area (Å²) < 4.78 is 32.5. The van der Waals surface area contributed by atoms with Gasteiger partial charge in [-0.15, -0.1) is 11.6 Å². The van der Waals surface area contributed by atoms with Gasteiger partial charge in [-0.3, -0.25) is 8.98 Å². The second kappa shape index (κ2) is 12.3. The lowest BCUT2D eigenvalue weighted by Crippen LogP contribution is -2.41. The Hall–Kier alpha value is -2.04. The van der Waals surface area contributed by atoms with Crippen molar-refractivity contribution < 1.29 is 32.0 Å². The Balaban J connectivity index is 3.04. The third-order valence-corrected chi connectivity index (χ3v) is 5.08. The van der Waals surface area contributed by atoms with E-state index in [-0.39, 0.29) is 19.4 Å². The number of rotatable bonds is 12. The number of carboxylic acids is 1. The van der Waals surface area contributed by atoms with Crippen LogP contribution in [0.3, 0.4) is 0 Å². The van der Waals surface area contributed by atoms with Gasteiger partial charge in [-0.2, -0.15) is 8.42 Å². The van der Waals surface area contributed by atoms with Gasteiger partial charge in [0.05, 0.1) is 19.3 Å². The zero-order valence-corrected chi connectivity index (χ0v) is 20.8. The highest BCUT2D eigenvalue weighted by atomic mass is 35.5. The first-order chi connectivity index (χ1) is 14.7. The highest BCUT2D eigenvalue weighted by Gasteiger charge is 2.22. The third-order valence-electron chi connectivity index (χ3n) is 4.32. The van der Waals surface area contributed by atoms with E-state index in [2.05, 4.69) is 5.32 Å². The molecule has 0 aliphatic heterocycles. The summed E-state index contributed by atoms with van der Waals surface area (Å²) >= 11 is 5.91. The number of aryl methyl sites for hydroxylation is 1. The van der Waals surface area contributed by atoms with E-state index in [1.54, 1.807) is 20.8 Å². The van der Waals surface area contributed by atoms with Crippen molar-refractivity contribution in [1.82, 2.24) is 5.32 Å². The van der Waals surface area contributed by atoms with Crippen molar-refractivity contribution in [2.24, 2.45) is 0 Å². The smallest absolute Gasteiger partial charge is 0.407 e. The summed E-state index contributed by atoms with van der Waals surface area (Å²) in [7, 11) is -3.55. The van der Waals surface area contributed by atoms with Gasteiger partial charge in [0.15, 0.2) is 0 Å². The van der Waals surface area contributed by atoms with Crippen LogP contribution in [0.2, 0.25) is 0 Å². The Morgan fingerprint density at radius 2 is 1.91 bits per heavy atom. The van der Waals surface area contributed by atoms with Crippen LogP contribution >= 0.6 is 11.6 Å². The molecule has 0 radical (unpaired) electrons. The number of nitrogens with zero attached hydrogens (tertiary/aromatic N) is 1. The molecule has 0 heterocycles. The first kappa shape index (κ1) is 28.0. The lowest BCUT2D eigenvalue weighted by molar-refractivity contribution is -0.137. The average molecular weight is 493 g/mol. The molecule has 182 valence electrons. The largest absolute Gasteiger partial charge is 0.481 e. The van der Waals surface area contributed by atoms with Crippen molar-refractivity contribution in [3.63, 3.8) is 0 Å². The van der Waals surface area contributed by atoms with E-state index in [4.69, 9.17) is 20.5 Å². The summed E-state index contributed by atoms with van der Waals surface area (Å²) in [5.74, 6) is -0.717. The number of benzene rings is 1. The molecule has 32 heavy (non-hydrogen) atoms. The summed E-state index contributed by atoms with van der Waals surface area (Å²) in [4.78, 5) is 25.4. The summed E-state index contributed by atoms with van der Waals surface area (Å²) in [6.45, 7) is 7.81. The topological polar surface area (TPSA) is 122 Å². The Morgan fingerprint density at radius 1 is 1.25 bits per heavy atom. The molecule has 9 nitrogen and oxygen atoms in total. The summed E-state index contributed by atoms with van der Waals surface area (Å²) in [5.41, 5.74) is 1.85. The van der Waals surface area contributed by atoms with Crippen molar-refractivity contribution in [3.8, 4) is 0 Å². The Morgan fingerprint density at radius 3 is 2.44 bits per heavy atom. The molecule has 1 rings (SSSR count). The Bertz CT molecular complexity index is 885. The second-order valence-electron chi connectivity index (χ2n) is 8.46. The molecule has 1 atom stereocenters. The number of anilines is 1. The van der Waals surface area contributed by atoms with Crippen molar-refractivity contribution in [1.29, 1.82) is 0 Å². The van der Waals surface area contributed by atoms with Gasteiger partial charge in [-0.1, -0.05) is 6.07 Å². The minimum atomic E-state index is -3.55. The molecule has 2 N–H and O–H groups in total. The molecule has 0 bridgehead atoms. The average Bonchev–Trinajstić information content (AvgIpc) is 2.59. The number of hydrogen-bond donors (Lipinski definition) is 2. The summed E-state index contributed by atoms with van der Waals surface area (Å²) in [5, 5.41) is 11.9. The fourth-order valence-electron chi connectivity index (χ4n) is 2.97. The minimum Gasteiger partial charge on any atom is -0.481 e. The van der Waals surface area contributed by atoms with E-state index in [9.17, 15) is 23.1 Å². The number of carboxylic acid groups (broad SMARTS) is 1. The lowest BCUT2D eigenvalue weighted by atomic mass is 9.98. The van der Waals surface area contributed by atoms with Crippen molar-refractivity contribution in [3.05, 3.63) is 29.3 Å². The van der Waals surface area contributed by atoms with Crippen molar-refractivity contribution >= 4 is 39.5 Å². The summed E-state index contributed by atoms with van der Waals surface area (Å²) in [6, 6.07) is 4.97. The molecule has 0 fully saturated rings. The summed E-state index contributed by atoms with van der Waals surface area (Å²) in [6.07, 6.45) is 0.318. The molecule has 1 amide bonds. The number of nitrogens with one attached hydrogen (secondary N) is 1. The van der Waals surface area contributed by atoms with E-state index in [1.165, 1.54) is 0 Å². The number of amides is 1. The zero-order chi connectivity index (χ0) is 24.5. The molecule has 0 aromatic heterocycles. The van der Waals surface area contributed by atoms with Crippen LogP contribution in [0.15, 0.2) is 18.2 Å². The van der Waals surface area contributed by atoms with Gasteiger partial charge in [0.2, 0.25) is 0 Å². The number of hydrogen-bond acceptors (Lipinski definition) is 7. The molecule has 0 saturated carbocycles. The highest BCUT2D eigenvalue weighted by Crippen LogP contribution is 2.22. The van der Waals surface area contributed by atoms with Gasteiger partial charge in [0, 0.05) is 30.7 Å². The van der Waals surface area contributed by atoms with E-state index in [0.29, 0.717) is 19.0 Å². The van der Waals surface area contributed by atoms with Crippen LogP contribution in [-0.4, -0.2) is 69.1 Å². The zero-order valence-electron chi connectivity index (χ0n) is 19.2. The predicted molar refractivity (Wildman–Crippen MR) is 124 cm³/mol. The maximum atomic E-state index is 12.2. The SMILES string of the molecule is Cc1ccc(N(CCCl)CCOS(C)(=O)=O)cc1CC(CC(=O)O)NC(=O)OC(C)(C)C. The van der Waals surface area contributed by atoms with Crippen LogP contribution < -0.4 is 10.2 Å². The van der Waals surface area contributed by atoms with E-state index >= 15 is 0 Å². The number of aliphatic carboxylic acids is 1. The maximum Gasteiger partial charge on any atom is 0.407 e. The lowest BCUT2D eigenvalue weighted by Gasteiger charge is -2.26.